The Kier molecular flexibility index (Phi) is 7.00. The third kappa shape index (κ3) is 4.57. The maximum atomic E-state index is 13.7. The quantitative estimate of drug-likeness (QED) is 0.427. The molecule has 2 aromatic carbocycles. The van der Waals surface area contributed by atoms with Gasteiger partial charge in [-0.3, -0.25) is 14.9 Å². The first-order valence-electron chi connectivity index (χ1n) is 12.3. The summed E-state index contributed by atoms with van der Waals surface area (Å²) in [6.07, 6.45) is 0.748. The van der Waals surface area contributed by atoms with Crippen molar-refractivity contribution < 1.29 is 33.3 Å². The maximum Gasteiger partial charge on any atom is 0.231 e. The molecule has 3 aromatic rings. The van der Waals surface area contributed by atoms with Crippen LogP contribution in [0.2, 0.25) is 0 Å². The number of likely N-dealkylation sites (N-methyl/N-ethyl adjacent to an activating group) is 1. The van der Waals surface area contributed by atoms with E-state index in [-0.39, 0.29) is 30.6 Å². The van der Waals surface area contributed by atoms with Crippen LogP contribution in [-0.2, 0) is 19.5 Å². The number of rotatable bonds is 8. The number of nitrogens with zero attached hydrogens (tertiary/aromatic N) is 1. The number of ketones is 1. The van der Waals surface area contributed by atoms with E-state index in [4.69, 9.17) is 23.4 Å². The van der Waals surface area contributed by atoms with Gasteiger partial charge in [-0.25, -0.2) is 0 Å². The SMILES string of the molecule is COc1ccc(C(=O)C(NCc2c3c(c(OC)c4c2OCO4)CN(C)CC3)c2oc(C)cc(=O)c2O)cc1. The van der Waals surface area contributed by atoms with Crippen LogP contribution in [0.3, 0.4) is 0 Å². The van der Waals surface area contributed by atoms with Gasteiger partial charge in [0.2, 0.25) is 23.7 Å². The van der Waals surface area contributed by atoms with Gasteiger partial charge in [-0.1, -0.05) is 0 Å². The Morgan fingerprint density at radius 3 is 2.58 bits per heavy atom. The zero-order valence-electron chi connectivity index (χ0n) is 21.8. The van der Waals surface area contributed by atoms with E-state index >= 15 is 0 Å². The third-order valence-corrected chi connectivity index (χ3v) is 6.93. The summed E-state index contributed by atoms with van der Waals surface area (Å²) in [6.45, 7) is 3.34. The van der Waals surface area contributed by atoms with Crippen molar-refractivity contribution in [3.05, 3.63) is 74.3 Å². The molecule has 0 radical (unpaired) electrons. The van der Waals surface area contributed by atoms with Crippen molar-refractivity contribution in [2.75, 3.05) is 34.6 Å². The molecule has 10 nitrogen and oxygen atoms in total. The standard InChI is InChI=1S/C28H30N2O8/c1-15-11-21(31)24(33)27(38-15)22(23(32)16-5-7-17(34-3)8-6-16)29-12-19-18-9-10-30(2)13-20(18)25(35-4)28-26(19)36-14-37-28/h5-8,11,22,29,33H,9-10,12-14H2,1-4H3. The summed E-state index contributed by atoms with van der Waals surface area (Å²) in [4.78, 5) is 28.3. The molecule has 2 aliphatic rings. The van der Waals surface area contributed by atoms with E-state index in [0.717, 1.165) is 29.7 Å². The van der Waals surface area contributed by atoms with Gasteiger partial charge in [-0.05, 0) is 50.2 Å². The highest BCUT2D eigenvalue weighted by Crippen LogP contribution is 2.49. The third-order valence-electron chi connectivity index (χ3n) is 6.93. The van der Waals surface area contributed by atoms with Gasteiger partial charge >= 0.3 is 0 Å². The second kappa shape index (κ2) is 10.4. The van der Waals surface area contributed by atoms with Crippen molar-refractivity contribution in [3.63, 3.8) is 0 Å². The van der Waals surface area contributed by atoms with E-state index in [1.807, 2.05) is 7.05 Å². The smallest absolute Gasteiger partial charge is 0.231 e. The number of carbonyl (C=O) groups excluding carboxylic acids is 1. The van der Waals surface area contributed by atoms with Gasteiger partial charge in [0.25, 0.3) is 0 Å². The highest BCUT2D eigenvalue weighted by atomic mass is 16.7. The van der Waals surface area contributed by atoms with E-state index < -0.39 is 17.2 Å². The summed E-state index contributed by atoms with van der Waals surface area (Å²) < 4.78 is 28.3. The molecule has 5 rings (SSSR count). The van der Waals surface area contributed by atoms with E-state index in [1.165, 1.54) is 13.2 Å². The van der Waals surface area contributed by atoms with Gasteiger partial charge in [0.1, 0.15) is 17.6 Å². The fraction of sp³-hybridized carbons (Fsp3) is 0.357. The molecule has 1 aromatic heterocycles. The van der Waals surface area contributed by atoms with E-state index in [9.17, 15) is 14.7 Å². The summed E-state index contributed by atoms with van der Waals surface area (Å²) in [5.74, 6) is 1.47. The lowest BCUT2D eigenvalue weighted by atomic mass is 9.91. The Balaban J connectivity index is 1.57. The van der Waals surface area contributed by atoms with Gasteiger partial charge in [0, 0.05) is 42.4 Å². The molecule has 0 fully saturated rings. The van der Waals surface area contributed by atoms with Gasteiger partial charge in [0.15, 0.2) is 23.0 Å². The van der Waals surface area contributed by atoms with Crippen molar-refractivity contribution in [2.24, 2.45) is 0 Å². The van der Waals surface area contributed by atoms with Crippen LogP contribution in [0.25, 0.3) is 0 Å². The second-order valence-electron chi connectivity index (χ2n) is 9.36. The Bertz CT molecular complexity index is 1430. The van der Waals surface area contributed by atoms with Gasteiger partial charge < -0.3 is 33.4 Å². The lowest BCUT2D eigenvalue weighted by Gasteiger charge is -2.30. The first-order valence-corrected chi connectivity index (χ1v) is 12.3. The average molecular weight is 523 g/mol. The summed E-state index contributed by atoms with van der Waals surface area (Å²) >= 11 is 0. The highest BCUT2D eigenvalue weighted by Gasteiger charge is 2.34. The molecule has 0 saturated carbocycles. The number of Topliss-reactive ketones (excluding diaryl/α,β-unsaturated/α-hetero) is 1. The Hall–Kier alpha value is -4.02. The van der Waals surface area contributed by atoms with Gasteiger partial charge in [0.05, 0.1) is 14.2 Å². The van der Waals surface area contributed by atoms with Crippen molar-refractivity contribution in [3.8, 4) is 28.7 Å². The molecule has 1 unspecified atom stereocenters. The van der Waals surface area contributed by atoms with Crippen LogP contribution in [0.1, 0.15) is 44.6 Å². The van der Waals surface area contributed by atoms with Crippen molar-refractivity contribution in [2.45, 2.75) is 32.5 Å². The van der Waals surface area contributed by atoms with Crippen LogP contribution in [0.15, 0.2) is 39.5 Å². The average Bonchev–Trinajstić information content (AvgIpc) is 3.40. The summed E-state index contributed by atoms with van der Waals surface area (Å²) in [5, 5.41) is 13.9. The fourth-order valence-electron chi connectivity index (χ4n) is 5.04. The van der Waals surface area contributed by atoms with E-state index in [1.54, 1.807) is 38.3 Å². The van der Waals surface area contributed by atoms with Crippen LogP contribution < -0.4 is 29.7 Å². The zero-order valence-corrected chi connectivity index (χ0v) is 21.8. The monoisotopic (exact) mass is 522 g/mol. The molecule has 2 aliphatic heterocycles. The fourth-order valence-corrected chi connectivity index (χ4v) is 5.04. The van der Waals surface area contributed by atoms with Gasteiger partial charge in [-0.15, -0.1) is 0 Å². The lowest BCUT2D eigenvalue weighted by molar-refractivity contribution is 0.0924. The number of nitrogens with one attached hydrogen (secondary N) is 1. The molecule has 10 heteroatoms. The number of methoxy groups -OCH3 is 2. The molecular formula is C28H30N2O8. The van der Waals surface area contributed by atoms with Crippen LogP contribution in [-0.4, -0.2) is 50.4 Å². The molecule has 2 N–H and O–H groups in total. The van der Waals surface area contributed by atoms with Crippen molar-refractivity contribution >= 4 is 5.78 Å². The summed E-state index contributed by atoms with van der Waals surface area (Å²) in [7, 11) is 5.19. The maximum absolute atomic E-state index is 13.7. The predicted octanol–water partition coefficient (Wildman–Crippen LogP) is 3.10. The minimum atomic E-state index is -1.15. The molecule has 38 heavy (non-hydrogen) atoms. The molecule has 0 bridgehead atoms. The van der Waals surface area contributed by atoms with E-state index in [2.05, 4.69) is 10.2 Å². The minimum absolute atomic E-state index is 0.0547. The highest BCUT2D eigenvalue weighted by molar-refractivity contribution is 6.00. The number of aromatic hydroxyl groups is 1. The van der Waals surface area contributed by atoms with Crippen LogP contribution in [0, 0.1) is 6.92 Å². The van der Waals surface area contributed by atoms with Crippen molar-refractivity contribution in [1.82, 2.24) is 10.2 Å². The Labute approximate surface area is 219 Å². The van der Waals surface area contributed by atoms with Crippen LogP contribution in [0.5, 0.6) is 28.7 Å². The predicted molar refractivity (Wildman–Crippen MR) is 137 cm³/mol. The number of hydrogen-bond acceptors (Lipinski definition) is 10. The molecule has 1 atom stereocenters. The van der Waals surface area contributed by atoms with Crippen LogP contribution >= 0.6 is 0 Å². The molecular weight excluding hydrogens is 492 g/mol. The number of hydrogen-bond donors (Lipinski definition) is 2. The molecule has 200 valence electrons. The molecule has 3 heterocycles. The zero-order chi connectivity index (χ0) is 27.0. The minimum Gasteiger partial charge on any atom is -0.502 e. The first-order chi connectivity index (χ1) is 18.3. The molecule has 0 aliphatic carbocycles. The molecule has 0 saturated heterocycles. The van der Waals surface area contributed by atoms with Gasteiger partial charge in [-0.2, -0.15) is 0 Å². The van der Waals surface area contributed by atoms with Crippen LogP contribution in [0.4, 0.5) is 0 Å². The Morgan fingerprint density at radius 2 is 1.87 bits per heavy atom. The molecule has 0 amide bonds. The lowest BCUT2D eigenvalue weighted by Crippen LogP contribution is -2.32. The molecule has 0 spiro atoms. The number of fused-ring (bicyclic) bond motifs is 2. The number of aryl methyl sites for hydroxylation is 1. The normalized spacial score (nSPS) is 15.2. The number of carbonyl (C=O) groups is 1. The first kappa shape index (κ1) is 25.6. The second-order valence-corrected chi connectivity index (χ2v) is 9.36. The number of ether oxygens (including phenoxy) is 4. The summed E-state index contributed by atoms with van der Waals surface area (Å²) in [6, 6.07) is 6.62. The Morgan fingerprint density at radius 1 is 1.13 bits per heavy atom. The van der Waals surface area contributed by atoms with E-state index in [0.29, 0.717) is 35.1 Å². The topological polar surface area (TPSA) is 120 Å². The number of benzene rings is 2. The van der Waals surface area contributed by atoms with Crippen molar-refractivity contribution in [1.29, 1.82) is 0 Å². The summed E-state index contributed by atoms with van der Waals surface area (Å²) in [5.41, 5.74) is 2.63. The largest absolute Gasteiger partial charge is 0.502 e.